The third-order valence-corrected chi connectivity index (χ3v) is 5.81. The molecule has 1 aliphatic heterocycles. The van der Waals surface area contributed by atoms with Gasteiger partial charge in [-0.1, -0.05) is 13.8 Å². The summed E-state index contributed by atoms with van der Waals surface area (Å²) in [5.41, 5.74) is -0.438. The summed E-state index contributed by atoms with van der Waals surface area (Å²) < 4.78 is 5.26. The molecule has 2 saturated carbocycles. The van der Waals surface area contributed by atoms with Crippen LogP contribution in [0.1, 0.15) is 39.5 Å². The molecule has 106 valence electrons. The first-order valence-electron chi connectivity index (χ1n) is 7.32. The normalized spacial score (nSPS) is 50.2. The van der Waals surface area contributed by atoms with E-state index in [0.717, 1.165) is 12.8 Å². The molecule has 2 aliphatic carbocycles. The lowest BCUT2D eigenvalue weighted by molar-refractivity contribution is -0.187. The largest absolute Gasteiger partial charge is 0.465 e. The van der Waals surface area contributed by atoms with E-state index >= 15 is 0 Å². The van der Waals surface area contributed by atoms with Gasteiger partial charge in [-0.15, -0.1) is 0 Å². The quantitative estimate of drug-likeness (QED) is 0.676. The van der Waals surface area contributed by atoms with Gasteiger partial charge in [-0.3, -0.25) is 9.59 Å². The van der Waals surface area contributed by atoms with Crippen LogP contribution < -0.4 is 0 Å². The Morgan fingerprint density at radius 2 is 2.05 bits per heavy atom. The van der Waals surface area contributed by atoms with Gasteiger partial charge in [0.05, 0.1) is 18.6 Å². The van der Waals surface area contributed by atoms with E-state index in [1.807, 2.05) is 6.92 Å². The molecule has 0 spiro atoms. The van der Waals surface area contributed by atoms with Crippen LogP contribution in [0, 0.1) is 29.1 Å². The molecule has 3 fully saturated rings. The Morgan fingerprint density at radius 3 is 2.79 bits per heavy atom. The van der Waals surface area contributed by atoms with E-state index in [1.165, 1.54) is 0 Å². The monoisotopic (exact) mass is 266 g/mol. The lowest BCUT2D eigenvalue weighted by Crippen LogP contribution is -2.59. The molecule has 1 saturated heterocycles. The first-order valence-corrected chi connectivity index (χ1v) is 7.32. The van der Waals surface area contributed by atoms with E-state index in [2.05, 4.69) is 6.92 Å². The summed E-state index contributed by atoms with van der Waals surface area (Å²) in [6.45, 7) is 4.54. The molecule has 0 bridgehead atoms. The van der Waals surface area contributed by atoms with Gasteiger partial charge in [0.2, 0.25) is 0 Å². The summed E-state index contributed by atoms with van der Waals surface area (Å²) in [5, 5.41) is 10.3. The van der Waals surface area contributed by atoms with Crippen LogP contribution in [0.4, 0.5) is 0 Å². The molecule has 4 nitrogen and oxygen atoms in total. The lowest BCUT2D eigenvalue weighted by Gasteiger charge is -2.54. The van der Waals surface area contributed by atoms with Crippen molar-refractivity contribution in [3.05, 3.63) is 0 Å². The zero-order valence-corrected chi connectivity index (χ0v) is 11.6. The number of carbonyl (C=O) groups excluding carboxylic acids is 2. The topological polar surface area (TPSA) is 63.6 Å². The summed E-state index contributed by atoms with van der Waals surface area (Å²) in [7, 11) is 0. The van der Waals surface area contributed by atoms with Gasteiger partial charge in [-0.25, -0.2) is 0 Å². The predicted octanol–water partition coefficient (Wildman–Crippen LogP) is 1.55. The van der Waals surface area contributed by atoms with E-state index in [4.69, 9.17) is 4.74 Å². The molecule has 4 heteroatoms. The molecule has 1 heterocycles. The zero-order chi connectivity index (χ0) is 13.8. The number of cyclic esters (lactones) is 1. The van der Waals surface area contributed by atoms with Gasteiger partial charge in [-0.05, 0) is 31.1 Å². The highest BCUT2D eigenvalue weighted by Gasteiger charge is 2.59. The molecular weight excluding hydrogens is 244 g/mol. The van der Waals surface area contributed by atoms with Crippen LogP contribution in [0.25, 0.3) is 0 Å². The van der Waals surface area contributed by atoms with Crippen LogP contribution in [-0.4, -0.2) is 29.6 Å². The fraction of sp³-hybridized carbons (Fsp3) is 0.867. The molecule has 0 radical (unpaired) electrons. The maximum absolute atomic E-state index is 12.4. The van der Waals surface area contributed by atoms with Crippen LogP contribution in [0.15, 0.2) is 0 Å². The summed E-state index contributed by atoms with van der Waals surface area (Å²) >= 11 is 0. The number of carbonyl (C=O) groups is 2. The Hall–Kier alpha value is -0.900. The van der Waals surface area contributed by atoms with E-state index in [1.54, 1.807) is 0 Å². The van der Waals surface area contributed by atoms with Crippen molar-refractivity contribution < 1.29 is 19.4 Å². The number of Topliss-reactive ketones (excluding diaryl/α,β-unsaturated/α-hetero) is 1. The lowest BCUT2D eigenvalue weighted by atomic mass is 9.50. The summed E-state index contributed by atoms with van der Waals surface area (Å²) in [5.74, 6) is -0.182. The molecule has 1 unspecified atom stereocenters. The average molecular weight is 266 g/mol. The number of hydrogen-bond acceptors (Lipinski definition) is 4. The zero-order valence-electron chi connectivity index (χ0n) is 11.6. The fourth-order valence-electron chi connectivity index (χ4n) is 4.56. The first-order chi connectivity index (χ1) is 8.95. The van der Waals surface area contributed by atoms with Gasteiger partial charge in [0.15, 0.2) is 0 Å². The van der Waals surface area contributed by atoms with Crippen LogP contribution >= 0.6 is 0 Å². The van der Waals surface area contributed by atoms with Gasteiger partial charge in [0, 0.05) is 17.8 Å². The van der Waals surface area contributed by atoms with E-state index in [0.29, 0.717) is 25.4 Å². The van der Waals surface area contributed by atoms with Gasteiger partial charge in [0.25, 0.3) is 0 Å². The Kier molecular flexibility index (Phi) is 2.97. The van der Waals surface area contributed by atoms with Crippen LogP contribution in [-0.2, 0) is 14.3 Å². The minimum atomic E-state index is -0.471. The third-order valence-electron chi connectivity index (χ3n) is 5.81. The number of esters is 1. The highest BCUT2D eigenvalue weighted by Crippen LogP contribution is 2.55. The number of rotatable bonds is 0. The van der Waals surface area contributed by atoms with Crippen LogP contribution in [0.2, 0.25) is 0 Å². The van der Waals surface area contributed by atoms with Crippen molar-refractivity contribution >= 4 is 11.8 Å². The van der Waals surface area contributed by atoms with Crippen molar-refractivity contribution in [1.82, 2.24) is 0 Å². The predicted molar refractivity (Wildman–Crippen MR) is 68.2 cm³/mol. The Bertz CT molecular complexity index is 418. The van der Waals surface area contributed by atoms with E-state index < -0.39 is 11.5 Å². The average Bonchev–Trinajstić information content (AvgIpc) is 2.38. The second-order valence-electron chi connectivity index (χ2n) is 6.84. The van der Waals surface area contributed by atoms with E-state index in [9.17, 15) is 14.7 Å². The molecule has 19 heavy (non-hydrogen) atoms. The Balaban J connectivity index is 2.00. The van der Waals surface area contributed by atoms with Crippen molar-refractivity contribution in [1.29, 1.82) is 0 Å². The molecule has 0 aromatic heterocycles. The molecule has 6 atom stereocenters. The summed E-state index contributed by atoms with van der Waals surface area (Å²) in [6.07, 6.45) is 2.21. The minimum absolute atomic E-state index is 0.147. The second-order valence-corrected chi connectivity index (χ2v) is 6.84. The number of fused-ring (bicyclic) bond motifs is 3. The molecule has 0 aromatic rings. The van der Waals surface area contributed by atoms with Crippen molar-refractivity contribution in [3.63, 3.8) is 0 Å². The highest BCUT2D eigenvalue weighted by molar-refractivity contribution is 5.89. The number of ketones is 1. The standard InChI is InChI=1S/C15H22O4/c1-8-7-19-14(18)12-9(8)5-6-15(2)11(17)4-3-10(16)13(12)15/h8-9,11-13,17H,3-7H2,1-2H3/t8-,9+,11-,12?,13-,15+/m1/s1. The molecule has 0 amide bonds. The molecule has 3 aliphatic rings. The fourth-order valence-corrected chi connectivity index (χ4v) is 4.56. The number of aliphatic hydroxyl groups is 1. The van der Waals surface area contributed by atoms with Gasteiger partial charge in [-0.2, -0.15) is 0 Å². The number of ether oxygens (including phenoxy) is 1. The Morgan fingerprint density at radius 1 is 1.32 bits per heavy atom. The summed E-state index contributed by atoms with van der Waals surface area (Å²) in [4.78, 5) is 24.5. The Labute approximate surface area is 113 Å². The van der Waals surface area contributed by atoms with Crippen LogP contribution in [0.5, 0.6) is 0 Å². The molecule has 3 rings (SSSR count). The summed E-state index contributed by atoms with van der Waals surface area (Å²) in [6, 6.07) is 0. The molecule has 1 N–H and O–H groups in total. The van der Waals surface area contributed by atoms with Gasteiger partial charge >= 0.3 is 5.97 Å². The SMILES string of the molecule is C[C@@H]1COC(=O)C2[C@H]1CC[C@@]1(C)[C@H](O)CCC(=O)[C@H]21. The van der Waals surface area contributed by atoms with E-state index in [-0.39, 0.29) is 29.5 Å². The second kappa shape index (κ2) is 4.30. The molecule has 0 aromatic carbocycles. The third kappa shape index (κ3) is 1.76. The van der Waals surface area contributed by atoms with Crippen molar-refractivity contribution in [2.45, 2.75) is 45.6 Å². The van der Waals surface area contributed by atoms with Crippen molar-refractivity contribution in [2.75, 3.05) is 6.61 Å². The maximum atomic E-state index is 12.4. The van der Waals surface area contributed by atoms with Crippen molar-refractivity contribution in [3.8, 4) is 0 Å². The van der Waals surface area contributed by atoms with Gasteiger partial charge in [0.1, 0.15) is 5.78 Å². The smallest absolute Gasteiger partial charge is 0.309 e. The van der Waals surface area contributed by atoms with Crippen molar-refractivity contribution in [2.24, 2.45) is 29.1 Å². The number of aliphatic hydroxyl groups excluding tert-OH is 1. The maximum Gasteiger partial charge on any atom is 0.309 e. The van der Waals surface area contributed by atoms with Crippen LogP contribution in [0.3, 0.4) is 0 Å². The number of hydrogen-bond donors (Lipinski definition) is 1. The molecular formula is C15H22O4. The van der Waals surface area contributed by atoms with Gasteiger partial charge < -0.3 is 9.84 Å². The first kappa shape index (κ1) is 13.1. The minimum Gasteiger partial charge on any atom is -0.465 e. The highest BCUT2D eigenvalue weighted by atomic mass is 16.5.